The third-order valence-electron chi connectivity index (χ3n) is 3.37. The second-order valence-corrected chi connectivity index (χ2v) is 5.44. The maximum absolute atomic E-state index is 11.9. The quantitative estimate of drug-likeness (QED) is 0.893. The molecule has 1 aliphatic rings. The summed E-state index contributed by atoms with van der Waals surface area (Å²) in [4.78, 5) is 28.9. The number of carboxylic acid groups (broad SMARTS) is 1. The number of carbonyl (C=O) groups excluding carboxylic acids is 1. The van der Waals surface area contributed by atoms with Crippen LogP contribution < -0.4 is 0 Å². The molecule has 0 aliphatic carbocycles. The van der Waals surface area contributed by atoms with E-state index < -0.39 is 11.9 Å². The van der Waals surface area contributed by atoms with E-state index in [4.69, 9.17) is 0 Å². The number of nitrogens with zero attached hydrogens (tertiary/aromatic N) is 2. The topological polar surface area (TPSA) is 70.5 Å². The van der Waals surface area contributed by atoms with Crippen molar-refractivity contribution in [2.75, 3.05) is 25.1 Å². The summed E-state index contributed by atoms with van der Waals surface area (Å²) >= 11 is 1.45. The maximum atomic E-state index is 11.9. The normalized spacial score (nSPS) is 22.5. The summed E-state index contributed by atoms with van der Waals surface area (Å²) in [5.74, 6) is -1.17. The third kappa shape index (κ3) is 3.07. The molecule has 1 N–H and O–H groups in total. The molecule has 0 unspecified atom stereocenters. The monoisotopic (exact) mass is 280 g/mol. The number of aliphatic carboxylic acids is 1. The largest absolute Gasteiger partial charge is 0.481 e. The molecule has 1 amide bonds. The Morgan fingerprint density at radius 2 is 2.32 bits per heavy atom. The van der Waals surface area contributed by atoms with Gasteiger partial charge in [-0.15, -0.1) is 0 Å². The predicted octanol–water partition coefficient (Wildman–Crippen LogP) is 1.07. The lowest BCUT2D eigenvalue weighted by Gasteiger charge is -2.15. The van der Waals surface area contributed by atoms with Gasteiger partial charge in [-0.3, -0.25) is 14.6 Å². The van der Waals surface area contributed by atoms with E-state index in [0.717, 1.165) is 5.56 Å². The molecular weight excluding hydrogens is 264 g/mol. The molecule has 0 spiro atoms. The fourth-order valence-electron chi connectivity index (χ4n) is 2.41. The zero-order chi connectivity index (χ0) is 13.8. The summed E-state index contributed by atoms with van der Waals surface area (Å²) in [5.41, 5.74) is 0.884. The molecular formula is C13H16N2O3S. The highest BCUT2D eigenvalue weighted by Gasteiger charge is 2.40. The van der Waals surface area contributed by atoms with Crippen molar-refractivity contribution in [1.82, 2.24) is 9.88 Å². The van der Waals surface area contributed by atoms with E-state index >= 15 is 0 Å². The summed E-state index contributed by atoms with van der Waals surface area (Å²) in [5, 5.41) is 9.31. The molecule has 19 heavy (non-hydrogen) atoms. The van der Waals surface area contributed by atoms with Gasteiger partial charge in [-0.05, 0) is 17.9 Å². The molecule has 1 aliphatic heterocycles. The van der Waals surface area contributed by atoms with Crippen LogP contribution in [-0.4, -0.2) is 52.0 Å². The molecule has 1 aromatic heterocycles. The zero-order valence-electron chi connectivity index (χ0n) is 10.7. The summed E-state index contributed by atoms with van der Waals surface area (Å²) in [6.07, 6.45) is 5.20. The van der Waals surface area contributed by atoms with Crippen LogP contribution in [0.25, 0.3) is 0 Å². The van der Waals surface area contributed by atoms with Crippen molar-refractivity contribution < 1.29 is 14.7 Å². The first kappa shape index (κ1) is 13.9. The lowest BCUT2D eigenvalue weighted by molar-refractivity contribution is -0.141. The fraction of sp³-hybridized carbons (Fsp3) is 0.462. The van der Waals surface area contributed by atoms with Gasteiger partial charge in [-0.2, -0.15) is 11.8 Å². The minimum atomic E-state index is -0.853. The van der Waals surface area contributed by atoms with E-state index in [2.05, 4.69) is 4.98 Å². The van der Waals surface area contributed by atoms with E-state index in [0.29, 0.717) is 12.3 Å². The van der Waals surface area contributed by atoms with Crippen LogP contribution >= 0.6 is 11.8 Å². The van der Waals surface area contributed by atoms with Crippen LogP contribution in [0.4, 0.5) is 0 Å². The van der Waals surface area contributed by atoms with Crippen LogP contribution in [0.2, 0.25) is 0 Å². The highest BCUT2D eigenvalue weighted by molar-refractivity contribution is 7.99. The molecule has 0 aromatic carbocycles. The molecule has 1 aromatic rings. The standard InChI is InChI=1S/C13H16N2O3S/c1-19-8-12(16)15-6-10(11(7-15)13(17)18)9-3-2-4-14-5-9/h2-5,10-11H,6-8H2,1H3,(H,17,18)/t10-,11+/m1/s1. The van der Waals surface area contributed by atoms with Gasteiger partial charge in [0.25, 0.3) is 0 Å². The van der Waals surface area contributed by atoms with Gasteiger partial charge in [-0.25, -0.2) is 0 Å². The van der Waals surface area contributed by atoms with Gasteiger partial charge in [0, 0.05) is 31.4 Å². The van der Waals surface area contributed by atoms with Crippen molar-refractivity contribution in [3.05, 3.63) is 30.1 Å². The Morgan fingerprint density at radius 1 is 1.53 bits per heavy atom. The van der Waals surface area contributed by atoms with Gasteiger partial charge >= 0.3 is 5.97 Å². The molecule has 6 heteroatoms. The van der Waals surface area contributed by atoms with Gasteiger partial charge in [0.2, 0.25) is 5.91 Å². The van der Waals surface area contributed by atoms with E-state index in [1.165, 1.54) is 11.8 Å². The molecule has 0 bridgehead atoms. The predicted molar refractivity (Wildman–Crippen MR) is 73.1 cm³/mol. The Hall–Kier alpha value is -1.56. The lowest BCUT2D eigenvalue weighted by atomic mass is 9.90. The van der Waals surface area contributed by atoms with Crippen LogP contribution in [0.3, 0.4) is 0 Å². The average molecular weight is 280 g/mol. The summed E-state index contributed by atoms with van der Waals surface area (Å²) in [7, 11) is 0. The number of hydrogen-bond acceptors (Lipinski definition) is 4. The number of amides is 1. The van der Waals surface area contributed by atoms with Crippen LogP contribution in [0.5, 0.6) is 0 Å². The number of hydrogen-bond donors (Lipinski definition) is 1. The second kappa shape index (κ2) is 6.06. The first-order chi connectivity index (χ1) is 9.13. The Kier molecular flexibility index (Phi) is 4.42. The van der Waals surface area contributed by atoms with Crippen LogP contribution in [0.1, 0.15) is 11.5 Å². The lowest BCUT2D eigenvalue weighted by Crippen LogP contribution is -2.31. The average Bonchev–Trinajstić information content (AvgIpc) is 2.85. The van der Waals surface area contributed by atoms with Gasteiger partial charge in [-0.1, -0.05) is 6.07 Å². The van der Waals surface area contributed by atoms with Crippen molar-refractivity contribution in [3.8, 4) is 0 Å². The van der Waals surface area contributed by atoms with Crippen LogP contribution in [0, 0.1) is 5.92 Å². The molecule has 2 atom stereocenters. The number of likely N-dealkylation sites (tertiary alicyclic amines) is 1. The van der Waals surface area contributed by atoms with Crippen molar-refractivity contribution in [2.45, 2.75) is 5.92 Å². The Labute approximate surface area is 116 Å². The molecule has 0 saturated carbocycles. The van der Waals surface area contributed by atoms with Crippen LogP contribution in [0.15, 0.2) is 24.5 Å². The zero-order valence-corrected chi connectivity index (χ0v) is 11.5. The molecule has 0 radical (unpaired) electrons. The Balaban J connectivity index is 2.18. The second-order valence-electron chi connectivity index (χ2n) is 4.57. The summed E-state index contributed by atoms with van der Waals surface area (Å²) < 4.78 is 0. The van der Waals surface area contributed by atoms with E-state index in [9.17, 15) is 14.7 Å². The molecule has 1 fully saturated rings. The van der Waals surface area contributed by atoms with E-state index in [1.807, 2.05) is 12.3 Å². The molecule has 2 rings (SSSR count). The Morgan fingerprint density at radius 3 is 2.89 bits per heavy atom. The minimum Gasteiger partial charge on any atom is -0.481 e. The summed E-state index contributed by atoms with van der Waals surface area (Å²) in [6, 6.07) is 3.66. The molecule has 5 nitrogen and oxygen atoms in total. The number of rotatable bonds is 4. The first-order valence-electron chi connectivity index (χ1n) is 6.03. The van der Waals surface area contributed by atoms with Crippen molar-refractivity contribution in [1.29, 1.82) is 0 Å². The molecule has 102 valence electrons. The van der Waals surface area contributed by atoms with Crippen molar-refractivity contribution >= 4 is 23.6 Å². The van der Waals surface area contributed by atoms with Gasteiger partial charge < -0.3 is 10.0 Å². The number of thioether (sulfide) groups is 1. The number of carbonyl (C=O) groups is 2. The first-order valence-corrected chi connectivity index (χ1v) is 7.42. The Bertz CT molecular complexity index is 466. The third-order valence-corrected chi connectivity index (χ3v) is 3.91. The number of carboxylic acids is 1. The summed E-state index contributed by atoms with van der Waals surface area (Å²) in [6.45, 7) is 0.746. The van der Waals surface area contributed by atoms with E-state index in [1.54, 1.807) is 23.4 Å². The van der Waals surface area contributed by atoms with Crippen molar-refractivity contribution in [3.63, 3.8) is 0 Å². The maximum Gasteiger partial charge on any atom is 0.308 e. The van der Waals surface area contributed by atoms with Crippen LogP contribution in [-0.2, 0) is 9.59 Å². The highest BCUT2D eigenvalue weighted by Crippen LogP contribution is 2.32. The minimum absolute atomic E-state index is 0.00476. The van der Waals surface area contributed by atoms with Gasteiger partial charge in [0.15, 0.2) is 0 Å². The smallest absolute Gasteiger partial charge is 0.308 e. The van der Waals surface area contributed by atoms with Crippen molar-refractivity contribution in [2.24, 2.45) is 5.92 Å². The van der Waals surface area contributed by atoms with E-state index in [-0.39, 0.29) is 18.4 Å². The highest BCUT2D eigenvalue weighted by atomic mass is 32.2. The van der Waals surface area contributed by atoms with Gasteiger partial charge in [0.1, 0.15) is 0 Å². The molecule has 2 heterocycles. The molecule has 1 saturated heterocycles. The SMILES string of the molecule is CSCC(=O)N1C[C@H](C(=O)O)[C@@H](c2cccnc2)C1. The fourth-order valence-corrected chi connectivity index (χ4v) is 2.84. The number of aromatic nitrogens is 1. The van der Waals surface area contributed by atoms with Gasteiger partial charge in [0.05, 0.1) is 11.7 Å². The number of pyridine rings is 1.